The molecule has 7 heteroatoms. The monoisotopic (exact) mass is 333 g/mol. The van der Waals surface area contributed by atoms with Crippen LogP contribution in [0.5, 0.6) is 0 Å². The molecule has 0 spiro atoms. The first-order chi connectivity index (χ1) is 11.2. The Hall–Kier alpha value is -1.89. The second-order valence-electron chi connectivity index (χ2n) is 5.92. The molecule has 1 aliphatic carbocycles. The van der Waals surface area contributed by atoms with Crippen molar-refractivity contribution in [2.75, 3.05) is 31.1 Å². The van der Waals surface area contributed by atoms with Crippen LogP contribution in [0.2, 0.25) is 0 Å². The van der Waals surface area contributed by atoms with Gasteiger partial charge in [0.2, 0.25) is 5.96 Å². The van der Waals surface area contributed by atoms with Gasteiger partial charge in [-0.1, -0.05) is 0 Å². The molecule has 2 aliphatic heterocycles. The summed E-state index contributed by atoms with van der Waals surface area (Å²) in [6.07, 6.45) is 4.28. The zero-order valence-electron chi connectivity index (χ0n) is 13.1. The molecule has 0 unspecified atom stereocenters. The molecule has 3 heterocycles. The lowest BCUT2D eigenvalue weighted by Crippen LogP contribution is -2.51. The van der Waals surface area contributed by atoms with Crippen molar-refractivity contribution in [3.63, 3.8) is 0 Å². The maximum absolute atomic E-state index is 12.9. The van der Waals surface area contributed by atoms with Crippen LogP contribution in [0.3, 0.4) is 0 Å². The van der Waals surface area contributed by atoms with Crippen LogP contribution in [0, 0.1) is 0 Å². The lowest BCUT2D eigenvalue weighted by molar-refractivity contribution is -0.141. The number of fused-ring (bicyclic) bond motifs is 4. The molecule has 0 bridgehead atoms. The minimum Gasteiger partial charge on any atom is -0.465 e. The molecule has 1 aromatic heterocycles. The van der Waals surface area contributed by atoms with E-state index in [1.807, 2.05) is 4.90 Å². The molecular weight excluding hydrogens is 314 g/mol. The highest BCUT2D eigenvalue weighted by molar-refractivity contribution is 7.17. The third-order valence-corrected chi connectivity index (χ3v) is 5.82. The summed E-state index contributed by atoms with van der Waals surface area (Å²) < 4.78 is 5.10. The van der Waals surface area contributed by atoms with Crippen molar-refractivity contribution >= 4 is 34.2 Å². The van der Waals surface area contributed by atoms with Crippen molar-refractivity contribution in [3.05, 3.63) is 16.0 Å². The van der Waals surface area contributed by atoms with E-state index in [9.17, 15) is 9.59 Å². The maximum atomic E-state index is 12.9. The predicted molar refractivity (Wildman–Crippen MR) is 88.3 cm³/mol. The Labute approximate surface area is 138 Å². The Morgan fingerprint density at radius 3 is 3.00 bits per heavy atom. The number of carbonyl (C=O) groups excluding carboxylic acids is 2. The SMILES string of the molecule is CCOC(=O)CN1C2=NCCN2C(=O)c2c1sc1c2CCCC1. The molecular formula is C16H19N3O3S. The summed E-state index contributed by atoms with van der Waals surface area (Å²) in [6.45, 7) is 3.46. The summed E-state index contributed by atoms with van der Waals surface area (Å²) in [5.41, 5.74) is 2.00. The molecule has 0 aromatic carbocycles. The summed E-state index contributed by atoms with van der Waals surface area (Å²) in [5, 5.41) is 0.881. The minimum absolute atomic E-state index is 0.0516. The lowest BCUT2D eigenvalue weighted by Gasteiger charge is -2.33. The Morgan fingerprint density at radius 2 is 2.17 bits per heavy atom. The highest BCUT2D eigenvalue weighted by Crippen LogP contribution is 2.43. The number of guanidine groups is 1. The smallest absolute Gasteiger partial charge is 0.326 e. The second kappa shape index (κ2) is 5.63. The number of anilines is 1. The number of carbonyl (C=O) groups is 2. The molecule has 1 aromatic rings. The number of amides is 1. The Kier molecular flexibility index (Phi) is 3.60. The zero-order valence-corrected chi connectivity index (χ0v) is 13.9. The summed E-state index contributed by atoms with van der Waals surface area (Å²) in [5.74, 6) is 0.374. The molecule has 1 amide bonds. The molecule has 3 aliphatic rings. The quantitative estimate of drug-likeness (QED) is 0.792. The van der Waals surface area contributed by atoms with E-state index in [0.717, 1.165) is 29.8 Å². The fourth-order valence-electron chi connectivity index (χ4n) is 3.52. The average Bonchev–Trinajstić information content (AvgIpc) is 3.16. The Balaban J connectivity index is 1.79. The van der Waals surface area contributed by atoms with Gasteiger partial charge in [0.25, 0.3) is 5.91 Å². The van der Waals surface area contributed by atoms with Gasteiger partial charge in [-0.2, -0.15) is 0 Å². The number of rotatable bonds is 3. The average molecular weight is 333 g/mol. The Morgan fingerprint density at radius 1 is 1.35 bits per heavy atom. The topological polar surface area (TPSA) is 62.2 Å². The molecule has 0 saturated heterocycles. The van der Waals surface area contributed by atoms with Gasteiger partial charge in [0.1, 0.15) is 11.5 Å². The number of hydrogen-bond donors (Lipinski definition) is 0. The van der Waals surface area contributed by atoms with E-state index < -0.39 is 0 Å². The normalized spacial score (nSPS) is 19.2. The number of ether oxygens (including phenoxy) is 1. The van der Waals surface area contributed by atoms with E-state index in [0.29, 0.717) is 25.7 Å². The molecule has 0 N–H and O–H groups in total. The van der Waals surface area contributed by atoms with Crippen LogP contribution in [0.4, 0.5) is 5.00 Å². The van der Waals surface area contributed by atoms with Gasteiger partial charge in [0, 0.05) is 11.4 Å². The van der Waals surface area contributed by atoms with Crippen molar-refractivity contribution in [2.45, 2.75) is 32.6 Å². The van der Waals surface area contributed by atoms with Gasteiger partial charge in [0.15, 0.2) is 0 Å². The summed E-state index contributed by atoms with van der Waals surface area (Å²) in [6, 6.07) is 0. The first-order valence-electron chi connectivity index (χ1n) is 8.14. The Bertz CT molecular complexity index is 710. The molecule has 0 saturated carbocycles. The largest absolute Gasteiger partial charge is 0.465 e. The van der Waals surface area contributed by atoms with Crippen molar-refractivity contribution < 1.29 is 14.3 Å². The lowest BCUT2D eigenvalue weighted by atomic mass is 9.94. The van der Waals surface area contributed by atoms with Crippen molar-refractivity contribution in [1.82, 2.24) is 4.90 Å². The van der Waals surface area contributed by atoms with Gasteiger partial charge >= 0.3 is 5.97 Å². The van der Waals surface area contributed by atoms with Crippen molar-refractivity contribution in [3.8, 4) is 0 Å². The first-order valence-corrected chi connectivity index (χ1v) is 8.96. The van der Waals surface area contributed by atoms with Gasteiger partial charge in [-0.05, 0) is 38.2 Å². The highest BCUT2D eigenvalue weighted by Gasteiger charge is 2.42. The molecule has 23 heavy (non-hydrogen) atoms. The van der Waals surface area contributed by atoms with E-state index in [4.69, 9.17) is 4.74 Å². The molecule has 122 valence electrons. The van der Waals surface area contributed by atoms with Gasteiger partial charge in [-0.25, -0.2) is 0 Å². The summed E-state index contributed by atoms with van der Waals surface area (Å²) in [4.78, 5) is 34.3. The number of hydrogen-bond acceptors (Lipinski definition) is 6. The van der Waals surface area contributed by atoms with Crippen molar-refractivity contribution in [1.29, 1.82) is 0 Å². The third kappa shape index (κ3) is 2.25. The standard InChI is InChI=1S/C16H19N3O3S/c1-2-22-12(20)9-19-15-13(10-5-3-4-6-11(10)23-15)14(21)18-8-7-17-16(18)19/h2-9H2,1H3. The molecule has 4 rings (SSSR count). The fraction of sp³-hybridized carbons (Fsp3) is 0.562. The van der Waals surface area contributed by atoms with Gasteiger partial charge in [-0.15, -0.1) is 11.3 Å². The van der Waals surface area contributed by atoms with Gasteiger partial charge in [0.05, 0.1) is 18.7 Å². The predicted octanol–water partition coefficient (Wildman–Crippen LogP) is 1.82. The summed E-state index contributed by atoms with van der Waals surface area (Å²) >= 11 is 1.65. The van der Waals surface area contributed by atoms with E-state index in [1.165, 1.54) is 16.9 Å². The molecule has 6 nitrogen and oxygen atoms in total. The third-order valence-electron chi connectivity index (χ3n) is 4.51. The van der Waals surface area contributed by atoms with Crippen LogP contribution in [0.1, 0.15) is 40.6 Å². The highest BCUT2D eigenvalue weighted by atomic mass is 32.1. The second-order valence-corrected chi connectivity index (χ2v) is 7.00. The first kappa shape index (κ1) is 14.7. The zero-order chi connectivity index (χ0) is 16.0. The number of esters is 1. The number of nitrogens with zero attached hydrogens (tertiary/aromatic N) is 3. The van der Waals surface area contributed by atoms with E-state index in [1.54, 1.807) is 23.2 Å². The van der Waals surface area contributed by atoms with Crippen LogP contribution < -0.4 is 4.90 Å². The number of aliphatic imine (C=N–C) groups is 1. The minimum atomic E-state index is -0.284. The van der Waals surface area contributed by atoms with E-state index >= 15 is 0 Å². The summed E-state index contributed by atoms with van der Waals surface area (Å²) in [7, 11) is 0. The fourth-order valence-corrected chi connectivity index (χ4v) is 4.90. The van der Waals surface area contributed by atoms with Crippen LogP contribution >= 0.6 is 11.3 Å². The number of aryl methyl sites for hydroxylation is 1. The van der Waals surface area contributed by atoms with Crippen molar-refractivity contribution in [2.24, 2.45) is 4.99 Å². The molecule has 0 fully saturated rings. The maximum Gasteiger partial charge on any atom is 0.326 e. The van der Waals surface area contributed by atoms with E-state index in [2.05, 4.69) is 4.99 Å². The van der Waals surface area contributed by atoms with Gasteiger partial charge in [-0.3, -0.25) is 24.4 Å². The van der Waals surface area contributed by atoms with Crippen LogP contribution in [-0.4, -0.2) is 49.0 Å². The van der Waals surface area contributed by atoms with Gasteiger partial charge < -0.3 is 4.74 Å². The molecule has 0 radical (unpaired) electrons. The number of thiophene rings is 1. The van der Waals surface area contributed by atoms with E-state index in [-0.39, 0.29) is 18.4 Å². The van der Waals surface area contributed by atoms with Crippen LogP contribution in [-0.2, 0) is 22.4 Å². The molecule has 0 atom stereocenters. The van der Waals surface area contributed by atoms with Crippen LogP contribution in [0.25, 0.3) is 0 Å². The van der Waals surface area contributed by atoms with Crippen LogP contribution in [0.15, 0.2) is 4.99 Å².